The molecule has 0 N–H and O–H groups in total. The third kappa shape index (κ3) is 3.37. The molecule has 0 saturated carbocycles. The van der Waals surface area contributed by atoms with E-state index in [1.807, 2.05) is 0 Å². The highest BCUT2D eigenvalue weighted by Gasteiger charge is 2.26. The van der Waals surface area contributed by atoms with E-state index in [1.165, 1.54) is 11.1 Å². The molecule has 2 nitrogen and oxygen atoms in total. The molecular weight excluding hydrogens is 280 g/mol. The Labute approximate surface area is 139 Å². The van der Waals surface area contributed by atoms with Crippen molar-refractivity contribution in [1.82, 2.24) is 0 Å². The number of allylic oxidation sites excluding steroid dienone is 1. The van der Waals surface area contributed by atoms with Crippen LogP contribution >= 0.6 is 0 Å². The van der Waals surface area contributed by atoms with Gasteiger partial charge >= 0.3 is 0 Å². The van der Waals surface area contributed by atoms with E-state index in [4.69, 9.17) is 5.10 Å². The summed E-state index contributed by atoms with van der Waals surface area (Å²) in [5.41, 5.74) is 4.76. The molecule has 0 fully saturated rings. The molecule has 0 bridgehead atoms. The summed E-state index contributed by atoms with van der Waals surface area (Å²) in [6.07, 6.45) is 4.42. The third-order valence-electron chi connectivity index (χ3n) is 4.12. The van der Waals surface area contributed by atoms with Crippen molar-refractivity contribution in [3.05, 3.63) is 77.9 Å². The highest BCUT2D eigenvalue weighted by molar-refractivity contribution is 6.00. The molecule has 0 saturated heterocycles. The highest BCUT2D eigenvalue weighted by Crippen LogP contribution is 2.33. The minimum absolute atomic E-state index is 0.0289. The maximum Gasteiger partial charge on any atom is 0.0960 e. The number of anilines is 1. The van der Waals surface area contributed by atoms with Gasteiger partial charge in [0, 0.05) is 5.41 Å². The van der Waals surface area contributed by atoms with Gasteiger partial charge in [0.25, 0.3) is 0 Å². The first-order chi connectivity index (χ1) is 10.9. The molecule has 1 heterocycles. The molecule has 2 aromatic rings. The Kier molecular flexibility index (Phi) is 4.08. The molecule has 0 amide bonds. The van der Waals surface area contributed by atoms with Crippen molar-refractivity contribution < 1.29 is 0 Å². The van der Waals surface area contributed by atoms with Gasteiger partial charge in [0.15, 0.2) is 0 Å². The summed E-state index contributed by atoms with van der Waals surface area (Å²) in [5.74, 6) is 0. The lowest BCUT2D eigenvalue weighted by molar-refractivity contribution is 0.581. The minimum Gasteiger partial charge on any atom is -0.254 e. The predicted octanol–water partition coefficient (Wildman–Crippen LogP) is 5.51. The summed E-state index contributed by atoms with van der Waals surface area (Å²) >= 11 is 0. The Bertz CT molecular complexity index is 719. The van der Waals surface area contributed by atoms with Crippen molar-refractivity contribution in [2.45, 2.75) is 33.7 Å². The topological polar surface area (TPSA) is 15.6 Å². The lowest BCUT2D eigenvalue weighted by Gasteiger charge is -2.34. The van der Waals surface area contributed by atoms with Crippen molar-refractivity contribution in [1.29, 1.82) is 0 Å². The summed E-state index contributed by atoms with van der Waals surface area (Å²) in [6, 6.07) is 19.2. The minimum atomic E-state index is 0.0289. The van der Waals surface area contributed by atoms with E-state index in [0.29, 0.717) is 0 Å². The Hall–Kier alpha value is -2.35. The average Bonchev–Trinajstić information content (AvgIpc) is 2.55. The first-order valence-electron chi connectivity index (χ1n) is 8.13. The molecule has 0 aromatic heterocycles. The van der Waals surface area contributed by atoms with E-state index in [1.54, 1.807) is 0 Å². The predicted molar refractivity (Wildman–Crippen MR) is 98.9 cm³/mol. The summed E-state index contributed by atoms with van der Waals surface area (Å²) in [6.45, 7) is 8.71. The highest BCUT2D eigenvalue weighted by atomic mass is 15.5. The van der Waals surface area contributed by atoms with Gasteiger partial charge in [0.05, 0.1) is 17.4 Å². The summed E-state index contributed by atoms with van der Waals surface area (Å²) in [7, 11) is 0. The van der Waals surface area contributed by atoms with Crippen LogP contribution in [0.15, 0.2) is 71.9 Å². The van der Waals surface area contributed by atoms with Gasteiger partial charge in [-0.1, -0.05) is 74.9 Å². The number of benzene rings is 2. The first kappa shape index (κ1) is 15.5. The van der Waals surface area contributed by atoms with Gasteiger partial charge in [-0.2, -0.15) is 5.10 Å². The van der Waals surface area contributed by atoms with Crippen molar-refractivity contribution in [2.75, 3.05) is 5.01 Å². The van der Waals surface area contributed by atoms with E-state index in [-0.39, 0.29) is 11.5 Å². The zero-order valence-electron chi connectivity index (χ0n) is 14.3. The fourth-order valence-electron chi connectivity index (χ4n) is 2.69. The van der Waals surface area contributed by atoms with Crippen LogP contribution in [0.3, 0.4) is 0 Å². The lowest BCUT2D eigenvalue weighted by atomic mass is 9.88. The zero-order valence-corrected chi connectivity index (χ0v) is 14.3. The normalized spacial score (nSPS) is 18.0. The van der Waals surface area contributed by atoms with E-state index in [2.05, 4.69) is 99.5 Å². The number of hydrazone groups is 1. The molecule has 0 radical (unpaired) electrons. The summed E-state index contributed by atoms with van der Waals surface area (Å²) < 4.78 is 0. The maximum absolute atomic E-state index is 4.97. The van der Waals surface area contributed by atoms with Crippen LogP contribution < -0.4 is 5.01 Å². The van der Waals surface area contributed by atoms with Gasteiger partial charge in [-0.05, 0) is 30.7 Å². The molecular formula is C21H24N2. The standard InChI is InChI=1S/C21H24N2/c1-16-10-12-18(13-11-16)23-19(17-8-6-5-7-9-17)14-15-20(22-23)21(2,3)4/h5-15,19H,1-4H3. The molecule has 2 aromatic carbocycles. The number of rotatable bonds is 2. The largest absolute Gasteiger partial charge is 0.254 e. The maximum atomic E-state index is 4.97. The van der Waals surface area contributed by atoms with Crippen molar-refractivity contribution in [2.24, 2.45) is 10.5 Å². The number of hydrogen-bond acceptors (Lipinski definition) is 2. The number of hydrogen-bond donors (Lipinski definition) is 0. The van der Waals surface area contributed by atoms with Gasteiger partial charge in [0.1, 0.15) is 0 Å². The Balaban J connectivity index is 2.05. The van der Waals surface area contributed by atoms with Crippen LogP contribution in [0.5, 0.6) is 0 Å². The quantitative estimate of drug-likeness (QED) is 0.713. The van der Waals surface area contributed by atoms with Gasteiger partial charge in [-0.25, -0.2) is 0 Å². The second-order valence-electron chi connectivity index (χ2n) is 7.13. The second-order valence-corrected chi connectivity index (χ2v) is 7.13. The average molecular weight is 304 g/mol. The molecule has 118 valence electrons. The third-order valence-corrected chi connectivity index (χ3v) is 4.12. The second kappa shape index (κ2) is 6.04. The van der Waals surface area contributed by atoms with E-state index < -0.39 is 0 Å². The molecule has 1 atom stereocenters. The van der Waals surface area contributed by atoms with E-state index >= 15 is 0 Å². The zero-order chi connectivity index (χ0) is 16.4. The Morgan fingerprint density at radius 3 is 2.17 bits per heavy atom. The van der Waals surface area contributed by atoms with Crippen molar-refractivity contribution in [3.8, 4) is 0 Å². The van der Waals surface area contributed by atoms with Gasteiger partial charge in [-0.15, -0.1) is 0 Å². The monoisotopic (exact) mass is 304 g/mol. The Morgan fingerprint density at radius 2 is 1.57 bits per heavy atom. The smallest absolute Gasteiger partial charge is 0.0960 e. The fraction of sp³-hybridized carbons (Fsp3) is 0.286. The van der Waals surface area contributed by atoms with Gasteiger partial charge < -0.3 is 0 Å². The molecule has 2 heteroatoms. The molecule has 1 aliphatic heterocycles. The van der Waals surface area contributed by atoms with Crippen LogP contribution in [0.25, 0.3) is 0 Å². The molecule has 3 rings (SSSR count). The van der Waals surface area contributed by atoms with E-state index in [9.17, 15) is 0 Å². The van der Waals surface area contributed by atoms with Gasteiger partial charge in [0.2, 0.25) is 0 Å². The van der Waals surface area contributed by atoms with Crippen molar-refractivity contribution in [3.63, 3.8) is 0 Å². The fourth-order valence-corrected chi connectivity index (χ4v) is 2.69. The van der Waals surface area contributed by atoms with Crippen LogP contribution in [-0.4, -0.2) is 5.71 Å². The van der Waals surface area contributed by atoms with Crippen LogP contribution in [0.2, 0.25) is 0 Å². The first-order valence-corrected chi connectivity index (χ1v) is 8.13. The molecule has 0 aliphatic carbocycles. The van der Waals surface area contributed by atoms with Crippen molar-refractivity contribution >= 4 is 11.4 Å². The summed E-state index contributed by atoms with van der Waals surface area (Å²) in [5, 5.41) is 7.11. The van der Waals surface area contributed by atoms with Crippen LogP contribution in [-0.2, 0) is 0 Å². The van der Waals surface area contributed by atoms with Gasteiger partial charge in [-0.3, -0.25) is 5.01 Å². The number of aryl methyl sites for hydroxylation is 1. The SMILES string of the molecule is Cc1ccc(N2N=C(C(C)(C)C)C=CC2c2ccccc2)cc1. The molecule has 0 spiro atoms. The lowest BCUT2D eigenvalue weighted by Crippen LogP contribution is -2.31. The van der Waals surface area contributed by atoms with Crippen LogP contribution in [0, 0.1) is 12.3 Å². The molecule has 1 aliphatic rings. The molecule has 23 heavy (non-hydrogen) atoms. The van der Waals surface area contributed by atoms with Crippen LogP contribution in [0.4, 0.5) is 5.69 Å². The number of nitrogens with zero attached hydrogens (tertiary/aromatic N) is 2. The summed E-state index contributed by atoms with van der Waals surface area (Å²) in [4.78, 5) is 0. The van der Waals surface area contributed by atoms with E-state index in [0.717, 1.165) is 11.4 Å². The van der Waals surface area contributed by atoms with Crippen LogP contribution in [0.1, 0.15) is 37.9 Å². The molecule has 1 unspecified atom stereocenters. The Morgan fingerprint density at radius 1 is 0.913 bits per heavy atom.